The summed E-state index contributed by atoms with van der Waals surface area (Å²) < 4.78 is 5.41. The highest BCUT2D eigenvalue weighted by atomic mass is 16.5. The van der Waals surface area contributed by atoms with Crippen LogP contribution < -0.4 is 11.1 Å². The Balaban J connectivity index is 2.12. The first kappa shape index (κ1) is 18.8. The van der Waals surface area contributed by atoms with E-state index in [1.54, 1.807) is 0 Å². The van der Waals surface area contributed by atoms with Crippen molar-refractivity contribution < 1.29 is 23.9 Å². The van der Waals surface area contributed by atoms with Gasteiger partial charge in [-0.15, -0.1) is 0 Å². The summed E-state index contributed by atoms with van der Waals surface area (Å²) in [7, 11) is 0. The smallest absolute Gasteiger partial charge is 0.253 e. The fourth-order valence-electron chi connectivity index (χ4n) is 2.09. The second-order valence-corrected chi connectivity index (χ2v) is 6.12. The molecule has 0 unspecified atom stereocenters. The number of amides is 4. The van der Waals surface area contributed by atoms with Crippen molar-refractivity contribution >= 4 is 23.6 Å². The van der Waals surface area contributed by atoms with Gasteiger partial charge in [0.1, 0.15) is 0 Å². The summed E-state index contributed by atoms with van der Waals surface area (Å²) in [4.78, 5) is 46.1. The minimum Gasteiger partial charge on any atom is -0.379 e. The Kier molecular flexibility index (Phi) is 6.89. The van der Waals surface area contributed by atoms with Crippen LogP contribution in [0.25, 0.3) is 0 Å². The number of nitrogens with one attached hydrogen (secondary N) is 1. The van der Waals surface area contributed by atoms with Crippen molar-refractivity contribution in [1.29, 1.82) is 0 Å². The lowest BCUT2D eigenvalue weighted by atomic mass is 9.90. The van der Waals surface area contributed by atoms with E-state index in [9.17, 15) is 19.2 Å². The van der Waals surface area contributed by atoms with Crippen LogP contribution in [0.4, 0.5) is 0 Å². The summed E-state index contributed by atoms with van der Waals surface area (Å²) in [5.41, 5.74) is 4.80. The van der Waals surface area contributed by atoms with Crippen LogP contribution in [0.5, 0.6) is 0 Å². The van der Waals surface area contributed by atoms with Crippen molar-refractivity contribution in [2.45, 2.75) is 26.7 Å². The van der Waals surface area contributed by atoms with Gasteiger partial charge in [-0.1, -0.05) is 13.8 Å². The normalized spacial score (nSPS) is 14.4. The first-order valence-corrected chi connectivity index (χ1v) is 7.37. The Bertz CT molecular complexity index is 495. The Labute approximate surface area is 135 Å². The summed E-state index contributed by atoms with van der Waals surface area (Å²) in [6, 6.07) is 0. The quantitative estimate of drug-likeness (QED) is 0.408. The van der Waals surface area contributed by atoms with E-state index in [2.05, 4.69) is 5.32 Å². The summed E-state index contributed by atoms with van der Waals surface area (Å²) in [5, 5.41) is 2.64. The van der Waals surface area contributed by atoms with E-state index in [4.69, 9.17) is 10.5 Å². The SMILES string of the molecule is CC(C)(COCCNC(=O)CCN1C(=O)C=CC1=O)CC(N)=O. The van der Waals surface area contributed by atoms with Gasteiger partial charge >= 0.3 is 0 Å². The van der Waals surface area contributed by atoms with Gasteiger partial charge in [-0.3, -0.25) is 24.1 Å². The monoisotopic (exact) mass is 325 g/mol. The number of carbonyl (C=O) groups excluding carboxylic acids is 4. The maximum atomic E-state index is 11.6. The number of nitrogens with zero attached hydrogens (tertiary/aromatic N) is 1. The molecule has 0 saturated carbocycles. The van der Waals surface area contributed by atoms with Crippen LogP contribution in [-0.2, 0) is 23.9 Å². The molecule has 1 aliphatic rings. The predicted molar refractivity (Wildman–Crippen MR) is 81.9 cm³/mol. The molecule has 0 fully saturated rings. The molecule has 8 nitrogen and oxygen atoms in total. The van der Waals surface area contributed by atoms with Gasteiger partial charge in [0.25, 0.3) is 11.8 Å². The van der Waals surface area contributed by atoms with Crippen LogP contribution in [0.15, 0.2) is 12.2 Å². The lowest BCUT2D eigenvalue weighted by Crippen LogP contribution is -2.35. The molecule has 0 aliphatic carbocycles. The largest absolute Gasteiger partial charge is 0.379 e. The third-order valence-electron chi connectivity index (χ3n) is 3.18. The zero-order valence-electron chi connectivity index (χ0n) is 13.5. The Hall–Kier alpha value is -2.22. The van der Waals surface area contributed by atoms with Gasteiger partial charge in [0.15, 0.2) is 0 Å². The molecule has 0 spiro atoms. The number of rotatable bonds is 10. The van der Waals surface area contributed by atoms with Gasteiger partial charge in [0, 0.05) is 38.1 Å². The summed E-state index contributed by atoms with van der Waals surface area (Å²) in [6.45, 7) is 4.77. The minimum absolute atomic E-state index is 0.0479. The van der Waals surface area contributed by atoms with E-state index in [1.165, 1.54) is 12.2 Å². The second kappa shape index (κ2) is 8.42. The highest BCUT2D eigenvalue weighted by molar-refractivity contribution is 6.13. The van der Waals surface area contributed by atoms with Crippen LogP contribution in [-0.4, -0.2) is 54.8 Å². The Morgan fingerprint density at radius 2 is 1.87 bits per heavy atom. The van der Waals surface area contributed by atoms with Crippen LogP contribution >= 0.6 is 0 Å². The van der Waals surface area contributed by atoms with E-state index in [0.717, 1.165) is 4.90 Å². The Morgan fingerprint density at radius 1 is 1.26 bits per heavy atom. The topological polar surface area (TPSA) is 119 Å². The van der Waals surface area contributed by atoms with E-state index in [0.29, 0.717) is 19.8 Å². The molecule has 0 radical (unpaired) electrons. The maximum Gasteiger partial charge on any atom is 0.253 e. The van der Waals surface area contributed by atoms with Gasteiger partial charge in [-0.25, -0.2) is 0 Å². The Morgan fingerprint density at radius 3 is 2.43 bits per heavy atom. The molecule has 1 aliphatic heterocycles. The van der Waals surface area contributed by atoms with Crippen molar-refractivity contribution in [3.63, 3.8) is 0 Å². The number of carbonyl (C=O) groups is 4. The summed E-state index contributed by atoms with van der Waals surface area (Å²) in [6.07, 6.45) is 2.64. The van der Waals surface area contributed by atoms with Crippen molar-refractivity contribution in [3.8, 4) is 0 Å². The molecule has 23 heavy (non-hydrogen) atoms. The lowest BCUT2D eigenvalue weighted by Gasteiger charge is -2.22. The predicted octanol–water partition coefficient (Wildman–Crippen LogP) is -0.664. The van der Waals surface area contributed by atoms with Gasteiger partial charge in [0.05, 0.1) is 13.2 Å². The van der Waals surface area contributed by atoms with Crippen LogP contribution in [0.1, 0.15) is 26.7 Å². The fourth-order valence-corrected chi connectivity index (χ4v) is 2.09. The summed E-state index contributed by atoms with van der Waals surface area (Å²) >= 11 is 0. The van der Waals surface area contributed by atoms with Crippen molar-refractivity contribution in [3.05, 3.63) is 12.2 Å². The number of hydrogen-bond donors (Lipinski definition) is 2. The number of imide groups is 1. The van der Waals surface area contributed by atoms with Gasteiger partial charge in [-0.2, -0.15) is 0 Å². The molecule has 0 bridgehead atoms. The number of ether oxygens (including phenoxy) is 1. The molecule has 1 rings (SSSR count). The molecule has 1 heterocycles. The molecule has 0 aromatic rings. The molecule has 0 saturated heterocycles. The zero-order chi connectivity index (χ0) is 17.5. The molecule has 0 aromatic carbocycles. The van der Waals surface area contributed by atoms with Crippen LogP contribution in [0.2, 0.25) is 0 Å². The minimum atomic E-state index is -0.400. The average Bonchev–Trinajstić information content (AvgIpc) is 2.74. The third-order valence-corrected chi connectivity index (χ3v) is 3.18. The van der Waals surface area contributed by atoms with E-state index >= 15 is 0 Å². The number of primary amides is 1. The zero-order valence-corrected chi connectivity index (χ0v) is 13.5. The molecule has 4 amide bonds. The molecule has 128 valence electrons. The average molecular weight is 325 g/mol. The van der Waals surface area contributed by atoms with Crippen molar-refractivity contribution in [2.75, 3.05) is 26.3 Å². The van der Waals surface area contributed by atoms with Crippen LogP contribution in [0, 0.1) is 5.41 Å². The maximum absolute atomic E-state index is 11.6. The first-order valence-electron chi connectivity index (χ1n) is 7.37. The molecular formula is C15H23N3O5. The van der Waals surface area contributed by atoms with Crippen molar-refractivity contribution in [1.82, 2.24) is 10.2 Å². The highest BCUT2D eigenvalue weighted by Crippen LogP contribution is 2.19. The van der Waals surface area contributed by atoms with Crippen LogP contribution in [0.3, 0.4) is 0 Å². The third kappa shape index (κ3) is 7.05. The molecule has 3 N–H and O–H groups in total. The van der Waals surface area contributed by atoms with E-state index < -0.39 is 11.8 Å². The van der Waals surface area contributed by atoms with E-state index in [1.807, 2.05) is 13.8 Å². The number of nitrogens with two attached hydrogens (primary N) is 1. The standard InChI is InChI=1S/C15H23N3O5/c1-15(2,9-11(16)19)10-23-8-6-17-12(20)5-7-18-13(21)3-4-14(18)22/h3-4H,5-10H2,1-2H3,(H2,16,19)(H,17,20). The van der Waals surface area contributed by atoms with E-state index in [-0.39, 0.29) is 36.6 Å². The lowest BCUT2D eigenvalue weighted by molar-refractivity contribution is -0.137. The second-order valence-electron chi connectivity index (χ2n) is 6.12. The summed E-state index contributed by atoms with van der Waals surface area (Å²) in [5.74, 6) is -1.45. The molecule has 0 atom stereocenters. The first-order chi connectivity index (χ1) is 10.7. The van der Waals surface area contributed by atoms with Gasteiger partial charge in [0.2, 0.25) is 11.8 Å². The van der Waals surface area contributed by atoms with Crippen molar-refractivity contribution in [2.24, 2.45) is 11.1 Å². The number of hydrogen-bond acceptors (Lipinski definition) is 5. The highest BCUT2D eigenvalue weighted by Gasteiger charge is 2.23. The van der Waals surface area contributed by atoms with Gasteiger partial charge < -0.3 is 15.8 Å². The van der Waals surface area contributed by atoms with Gasteiger partial charge in [-0.05, 0) is 5.41 Å². The molecular weight excluding hydrogens is 302 g/mol. The molecule has 8 heteroatoms. The molecule has 0 aromatic heterocycles. The fraction of sp³-hybridized carbons (Fsp3) is 0.600.